The smallest absolute Gasteiger partial charge is 0.459 e. The maximum absolute atomic E-state index is 13.5. The van der Waals surface area contributed by atoms with Crippen molar-refractivity contribution in [2.24, 2.45) is 0 Å². The molecule has 254 valence electrons. The van der Waals surface area contributed by atoms with Crippen molar-refractivity contribution in [3.63, 3.8) is 0 Å². The standard InChI is InChI=1S/C34H30N2O13/c1-20-35-27(48-33(40)42-2)29(49-34(41)43-3)36(20)28-26(47-32(39)23-17-11-6-12-18-23)25(46-31(38)22-15-9-5-10-16-22)24(45-28)19-44-30(37)21-13-7-4-8-14-21/h4-18,24-26,28H,19H2,1-3H3/t24-,25-,26-,28-/m1/s1. The maximum Gasteiger partial charge on any atom is 0.515 e. The molecule has 49 heavy (non-hydrogen) atoms. The van der Waals surface area contributed by atoms with Gasteiger partial charge in [-0.15, -0.1) is 0 Å². The molecule has 5 rings (SSSR count). The minimum Gasteiger partial charge on any atom is -0.459 e. The van der Waals surface area contributed by atoms with E-state index < -0.39 is 73.1 Å². The van der Waals surface area contributed by atoms with Crippen molar-refractivity contribution in [3.8, 4) is 11.8 Å². The van der Waals surface area contributed by atoms with Crippen LogP contribution in [0.5, 0.6) is 11.8 Å². The summed E-state index contributed by atoms with van der Waals surface area (Å²) in [6, 6.07) is 24.1. The summed E-state index contributed by atoms with van der Waals surface area (Å²) in [4.78, 5) is 68.4. The average molecular weight is 675 g/mol. The number of esters is 3. The summed E-state index contributed by atoms with van der Waals surface area (Å²) in [6.07, 6.45) is -8.10. The third kappa shape index (κ3) is 8.02. The number of carbonyl (C=O) groups is 5. The first kappa shape index (κ1) is 34.1. The van der Waals surface area contributed by atoms with E-state index in [-0.39, 0.29) is 22.5 Å². The molecule has 1 aliphatic rings. The zero-order valence-electron chi connectivity index (χ0n) is 26.4. The van der Waals surface area contributed by atoms with Gasteiger partial charge in [-0.3, -0.25) is 4.57 Å². The summed E-state index contributed by atoms with van der Waals surface area (Å²) >= 11 is 0. The summed E-state index contributed by atoms with van der Waals surface area (Å²) in [5, 5.41) is 0. The van der Waals surface area contributed by atoms with Crippen LogP contribution < -0.4 is 9.47 Å². The minimum atomic E-state index is -1.50. The van der Waals surface area contributed by atoms with Crippen LogP contribution in [-0.2, 0) is 28.4 Å². The molecule has 1 saturated heterocycles. The van der Waals surface area contributed by atoms with Gasteiger partial charge >= 0.3 is 30.2 Å². The molecule has 0 spiro atoms. The lowest BCUT2D eigenvalue weighted by Crippen LogP contribution is -2.41. The Kier molecular flexibility index (Phi) is 10.9. The van der Waals surface area contributed by atoms with Gasteiger partial charge in [-0.1, -0.05) is 54.6 Å². The molecule has 0 radical (unpaired) electrons. The second-order valence-corrected chi connectivity index (χ2v) is 10.3. The zero-order valence-corrected chi connectivity index (χ0v) is 26.4. The molecule has 4 aromatic rings. The average Bonchev–Trinajstić information content (AvgIpc) is 3.61. The topological polar surface area (TPSA) is 177 Å². The third-order valence-electron chi connectivity index (χ3n) is 7.14. The van der Waals surface area contributed by atoms with Crippen molar-refractivity contribution in [1.29, 1.82) is 0 Å². The lowest BCUT2D eigenvalue weighted by molar-refractivity contribution is -0.0652. The molecule has 15 nitrogen and oxygen atoms in total. The number of methoxy groups -OCH3 is 2. The maximum atomic E-state index is 13.5. The van der Waals surface area contributed by atoms with Gasteiger partial charge in [0.15, 0.2) is 18.4 Å². The third-order valence-corrected chi connectivity index (χ3v) is 7.14. The van der Waals surface area contributed by atoms with Crippen LogP contribution in [0, 0.1) is 6.92 Å². The van der Waals surface area contributed by atoms with Crippen molar-refractivity contribution in [2.75, 3.05) is 20.8 Å². The highest BCUT2D eigenvalue weighted by atomic mass is 16.7. The van der Waals surface area contributed by atoms with E-state index in [0.717, 1.165) is 18.8 Å². The summed E-state index contributed by atoms with van der Waals surface area (Å²) in [5.41, 5.74) is 0.559. The Hall–Kier alpha value is -6.22. The number of rotatable bonds is 10. The highest BCUT2D eigenvalue weighted by Crippen LogP contribution is 2.41. The largest absolute Gasteiger partial charge is 0.515 e. The zero-order chi connectivity index (χ0) is 34.9. The van der Waals surface area contributed by atoms with E-state index in [9.17, 15) is 24.0 Å². The molecule has 0 aliphatic carbocycles. The Balaban J connectivity index is 1.59. The van der Waals surface area contributed by atoms with Crippen LogP contribution in [0.25, 0.3) is 0 Å². The Morgan fingerprint density at radius 1 is 0.673 bits per heavy atom. The van der Waals surface area contributed by atoms with E-state index in [0.29, 0.717) is 0 Å². The van der Waals surface area contributed by atoms with Crippen LogP contribution in [0.2, 0.25) is 0 Å². The van der Waals surface area contributed by atoms with Gasteiger partial charge in [0, 0.05) is 0 Å². The Labute approximate surface area is 279 Å². The second-order valence-electron chi connectivity index (χ2n) is 10.3. The fourth-order valence-corrected chi connectivity index (χ4v) is 4.86. The molecular weight excluding hydrogens is 644 g/mol. The number of carbonyl (C=O) groups excluding carboxylic acids is 5. The number of hydrogen-bond acceptors (Lipinski definition) is 14. The number of hydrogen-bond donors (Lipinski definition) is 0. The molecular formula is C34H30N2O13. The molecule has 0 amide bonds. The molecule has 2 heterocycles. The van der Waals surface area contributed by atoms with Gasteiger partial charge < -0.3 is 37.9 Å². The van der Waals surface area contributed by atoms with Crippen LogP contribution in [-0.4, -0.2) is 78.9 Å². The monoisotopic (exact) mass is 674 g/mol. The Morgan fingerprint density at radius 3 is 1.65 bits per heavy atom. The second kappa shape index (κ2) is 15.6. The predicted octanol–water partition coefficient (Wildman–Crippen LogP) is 4.69. The van der Waals surface area contributed by atoms with Gasteiger partial charge in [0.1, 0.15) is 18.5 Å². The minimum absolute atomic E-state index is 0.0265. The molecule has 4 atom stereocenters. The molecule has 0 N–H and O–H groups in total. The van der Waals surface area contributed by atoms with E-state index in [1.165, 1.54) is 31.2 Å². The summed E-state index contributed by atoms with van der Waals surface area (Å²) in [6.45, 7) is 0.963. The summed E-state index contributed by atoms with van der Waals surface area (Å²) in [7, 11) is 2.10. The van der Waals surface area contributed by atoms with Crippen molar-refractivity contribution in [2.45, 2.75) is 31.5 Å². The normalized spacial score (nSPS) is 18.1. The van der Waals surface area contributed by atoms with Gasteiger partial charge in [0.05, 0.1) is 30.9 Å². The fraction of sp³-hybridized carbons (Fsp3) is 0.235. The van der Waals surface area contributed by atoms with Gasteiger partial charge in [0.25, 0.3) is 11.8 Å². The fourth-order valence-electron chi connectivity index (χ4n) is 4.86. The van der Waals surface area contributed by atoms with Crippen LogP contribution in [0.1, 0.15) is 43.1 Å². The van der Waals surface area contributed by atoms with Crippen LogP contribution in [0.15, 0.2) is 91.0 Å². The molecule has 3 aromatic carbocycles. The number of imidazole rings is 1. The van der Waals surface area contributed by atoms with Crippen molar-refractivity contribution >= 4 is 30.2 Å². The molecule has 0 bridgehead atoms. The van der Waals surface area contributed by atoms with Crippen LogP contribution in [0.4, 0.5) is 9.59 Å². The molecule has 15 heteroatoms. The van der Waals surface area contributed by atoms with Crippen molar-refractivity contribution in [1.82, 2.24) is 9.55 Å². The highest BCUT2D eigenvalue weighted by molar-refractivity contribution is 5.91. The van der Waals surface area contributed by atoms with E-state index in [2.05, 4.69) is 14.5 Å². The first-order chi connectivity index (χ1) is 23.7. The highest BCUT2D eigenvalue weighted by Gasteiger charge is 2.53. The SMILES string of the molecule is COC(=O)Oc1nc(C)n([C@@H]2O[C@H](COC(=O)c3ccccc3)[C@@H](OC(=O)c3ccccc3)[C@H]2OC(=O)c2ccccc2)c1OC(=O)OC. The number of aryl methyl sites for hydroxylation is 1. The van der Waals surface area contributed by atoms with Gasteiger partial charge in [0.2, 0.25) is 0 Å². The molecule has 0 saturated carbocycles. The van der Waals surface area contributed by atoms with E-state index in [4.69, 9.17) is 28.4 Å². The lowest BCUT2D eigenvalue weighted by Gasteiger charge is -2.25. The van der Waals surface area contributed by atoms with Gasteiger partial charge in [-0.2, -0.15) is 4.98 Å². The van der Waals surface area contributed by atoms with Crippen molar-refractivity contribution in [3.05, 3.63) is 114 Å². The van der Waals surface area contributed by atoms with Crippen LogP contribution in [0.3, 0.4) is 0 Å². The predicted molar refractivity (Wildman–Crippen MR) is 165 cm³/mol. The van der Waals surface area contributed by atoms with E-state index in [1.807, 2.05) is 0 Å². The Bertz CT molecular complexity index is 1790. The number of nitrogens with zero attached hydrogens (tertiary/aromatic N) is 2. The van der Waals surface area contributed by atoms with E-state index in [1.54, 1.807) is 66.7 Å². The molecule has 1 aliphatic heterocycles. The number of aromatic nitrogens is 2. The number of ether oxygens (including phenoxy) is 8. The molecule has 0 unspecified atom stereocenters. The van der Waals surface area contributed by atoms with Gasteiger partial charge in [-0.05, 0) is 43.3 Å². The summed E-state index contributed by atoms with van der Waals surface area (Å²) in [5.74, 6) is -3.35. The summed E-state index contributed by atoms with van der Waals surface area (Å²) < 4.78 is 44.5. The quantitative estimate of drug-likeness (QED) is 0.167. The molecule has 1 fully saturated rings. The lowest BCUT2D eigenvalue weighted by atomic mass is 10.1. The van der Waals surface area contributed by atoms with E-state index >= 15 is 0 Å². The Morgan fingerprint density at radius 2 is 1.14 bits per heavy atom. The van der Waals surface area contributed by atoms with Crippen LogP contribution >= 0.6 is 0 Å². The molecule has 1 aromatic heterocycles. The first-order valence-electron chi connectivity index (χ1n) is 14.7. The van der Waals surface area contributed by atoms with Gasteiger partial charge in [-0.25, -0.2) is 24.0 Å². The number of benzene rings is 3. The van der Waals surface area contributed by atoms with Crippen molar-refractivity contribution < 1.29 is 61.9 Å². The first-order valence-corrected chi connectivity index (χ1v) is 14.7.